The van der Waals surface area contributed by atoms with Gasteiger partial charge in [0, 0.05) is 11.6 Å². The van der Waals surface area contributed by atoms with Gasteiger partial charge in [-0.05, 0) is 43.0 Å². The van der Waals surface area contributed by atoms with Crippen LogP contribution in [0.15, 0.2) is 24.3 Å². The first-order valence-corrected chi connectivity index (χ1v) is 8.13. The molecule has 0 spiro atoms. The summed E-state index contributed by atoms with van der Waals surface area (Å²) in [6.45, 7) is -0.154. The van der Waals surface area contributed by atoms with Crippen molar-refractivity contribution in [3.63, 3.8) is 0 Å². The fourth-order valence-electron chi connectivity index (χ4n) is 2.75. The molecular formula is C16H17F4N5O. The molecular weight excluding hydrogens is 354 g/mol. The van der Waals surface area contributed by atoms with Crippen LogP contribution in [-0.2, 0) is 11.3 Å². The Morgan fingerprint density at radius 3 is 2.73 bits per heavy atom. The number of carbonyl (C=O) groups excluding carboxylic acids is 1. The molecule has 1 fully saturated rings. The van der Waals surface area contributed by atoms with Crippen molar-refractivity contribution in [2.45, 2.75) is 38.5 Å². The first-order chi connectivity index (χ1) is 12.2. The summed E-state index contributed by atoms with van der Waals surface area (Å²) in [6, 6.07) is 4.99. The van der Waals surface area contributed by atoms with Crippen LogP contribution in [0.1, 0.15) is 19.8 Å². The number of alkyl halides is 3. The van der Waals surface area contributed by atoms with Gasteiger partial charge in [0.1, 0.15) is 18.9 Å². The van der Waals surface area contributed by atoms with Crippen LogP contribution >= 0.6 is 0 Å². The van der Waals surface area contributed by atoms with E-state index in [2.05, 4.69) is 15.4 Å². The van der Waals surface area contributed by atoms with Crippen molar-refractivity contribution in [3.8, 4) is 11.4 Å². The largest absolute Gasteiger partial charge is 0.406 e. The Hall–Kier alpha value is -2.52. The lowest BCUT2D eigenvalue weighted by Gasteiger charge is -2.30. The fraction of sp³-hybridized carbons (Fsp3) is 0.500. The summed E-state index contributed by atoms with van der Waals surface area (Å²) in [7, 11) is 0. The zero-order chi connectivity index (χ0) is 18.9. The molecule has 26 heavy (non-hydrogen) atoms. The van der Waals surface area contributed by atoms with Crippen LogP contribution in [0.5, 0.6) is 0 Å². The average Bonchev–Trinajstić information content (AvgIpc) is 3.31. The lowest BCUT2D eigenvalue weighted by molar-refractivity contribution is -0.166. The highest BCUT2D eigenvalue weighted by molar-refractivity contribution is 5.76. The summed E-state index contributed by atoms with van der Waals surface area (Å²) in [5.41, 5.74) is 0.363. The SMILES string of the molecule is CC(C1CC1)N(CC(F)(F)F)C(=O)Cn1nnc(-c2cccc(F)c2)n1. The standard InChI is InChI=1S/C16H17F4N5O/c1-10(11-5-6-11)24(9-16(18,19)20)14(26)8-25-22-15(21-23-25)12-3-2-4-13(17)7-12/h2-4,7,10-11H,5-6,8-9H2,1H3. The van der Waals surface area contributed by atoms with E-state index in [1.165, 1.54) is 18.2 Å². The van der Waals surface area contributed by atoms with Gasteiger partial charge >= 0.3 is 6.18 Å². The highest BCUT2D eigenvalue weighted by Gasteiger charge is 2.40. The molecule has 0 saturated heterocycles. The Labute approximate surface area is 146 Å². The quantitative estimate of drug-likeness (QED) is 0.733. The van der Waals surface area contributed by atoms with E-state index >= 15 is 0 Å². The summed E-state index contributed by atoms with van der Waals surface area (Å²) < 4.78 is 51.8. The van der Waals surface area contributed by atoms with Crippen molar-refractivity contribution < 1.29 is 22.4 Å². The molecule has 3 rings (SSSR count). The minimum atomic E-state index is -4.48. The van der Waals surface area contributed by atoms with Crippen LogP contribution in [-0.4, -0.2) is 49.8 Å². The number of tetrazole rings is 1. The second-order valence-corrected chi connectivity index (χ2v) is 6.37. The lowest BCUT2D eigenvalue weighted by Crippen LogP contribution is -2.47. The zero-order valence-corrected chi connectivity index (χ0v) is 13.9. The molecule has 1 aliphatic rings. The molecule has 1 aromatic carbocycles. The van der Waals surface area contributed by atoms with E-state index in [9.17, 15) is 22.4 Å². The van der Waals surface area contributed by atoms with Crippen molar-refractivity contribution >= 4 is 5.91 Å². The van der Waals surface area contributed by atoms with Gasteiger partial charge in [-0.2, -0.15) is 18.0 Å². The predicted molar refractivity (Wildman–Crippen MR) is 83.2 cm³/mol. The smallest absolute Gasteiger partial charge is 0.329 e. The van der Waals surface area contributed by atoms with Gasteiger partial charge in [-0.1, -0.05) is 12.1 Å². The van der Waals surface area contributed by atoms with E-state index in [4.69, 9.17) is 0 Å². The molecule has 10 heteroatoms. The summed E-state index contributed by atoms with van der Waals surface area (Å²) in [5, 5.41) is 11.4. The average molecular weight is 371 g/mol. The topological polar surface area (TPSA) is 63.9 Å². The molecule has 1 atom stereocenters. The van der Waals surface area contributed by atoms with Gasteiger partial charge in [0.2, 0.25) is 11.7 Å². The fourth-order valence-corrected chi connectivity index (χ4v) is 2.75. The van der Waals surface area contributed by atoms with E-state index in [1.54, 1.807) is 13.0 Å². The first kappa shape index (κ1) is 18.3. The minimum absolute atomic E-state index is 0.0906. The van der Waals surface area contributed by atoms with Crippen LogP contribution in [0.3, 0.4) is 0 Å². The van der Waals surface area contributed by atoms with Crippen LogP contribution in [0.4, 0.5) is 17.6 Å². The molecule has 1 unspecified atom stereocenters. The third-order valence-corrected chi connectivity index (χ3v) is 4.28. The molecule has 1 amide bonds. The molecule has 1 saturated carbocycles. The predicted octanol–water partition coefficient (Wildman–Crippen LogP) is 2.67. The van der Waals surface area contributed by atoms with Crippen molar-refractivity contribution in [1.29, 1.82) is 0 Å². The first-order valence-electron chi connectivity index (χ1n) is 8.13. The number of halogens is 4. The Morgan fingerprint density at radius 2 is 2.12 bits per heavy atom. The number of hydrogen-bond donors (Lipinski definition) is 0. The van der Waals surface area contributed by atoms with Crippen LogP contribution in [0.2, 0.25) is 0 Å². The van der Waals surface area contributed by atoms with Crippen LogP contribution in [0.25, 0.3) is 11.4 Å². The Balaban J connectivity index is 1.73. The van der Waals surface area contributed by atoms with Crippen molar-refractivity contribution in [2.75, 3.05) is 6.54 Å². The summed E-state index contributed by atoms with van der Waals surface area (Å²) in [6.07, 6.45) is -2.86. The van der Waals surface area contributed by atoms with Gasteiger partial charge in [0.15, 0.2) is 0 Å². The van der Waals surface area contributed by atoms with Gasteiger partial charge < -0.3 is 4.90 Å². The Morgan fingerprint density at radius 1 is 1.38 bits per heavy atom. The molecule has 1 aliphatic carbocycles. The lowest BCUT2D eigenvalue weighted by atomic mass is 10.2. The Bertz CT molecular complexity index is 787. The summed E-state index contributed by atoms with van der Waals surface area (Å²) in [4.78, 5) is 14.1. The van der Waals surface area contributed by atoms with Gasteiger partial charge in [0.05, 0.1) is 0 Å². The van der Waals surface area contributed by atoms with E-state index in [-0.39, 0.29) is 11.7 Å². The van der Waals surface area contributed by atoms with E-state index in [1.807, 2.05) is 0 Å². The number of amides is 1. The molecule has 6 nitrogen and oxygen atoms in total. The number of nitrogens with zero attached hydrogens (tertiary/aromatic N) is 5. The maximum atomic E-state index is 13.3. The molecule has 0 aliphatic heterocycles. The normalized spacial score (nSPS) is 15.7. The van der Waals surface area contributed by atoms with Crippen molar-refractivity contribution in [1.82, 2.24) is 25.1 Å². The van der Waals surface area contributed by atoms with E-state index in [0.717, 1.165) is 22.5 Å². The van der Waals surface area contributed by atoms with Crippen LogP contribution in [0, 0.1) is 11.7 Å². The second-order valence-electron chi connectivity index (χ2n) is 6.37. The van der Waals surface area contributed by atoms with E-state index in [0.29, 0.717) is 5.56 Å². The molecule has 1 aromatic heterocycles. The highest BCUT2D eigenvalue weighted by Crippen LogP contribution is 2.36. The molecule has 0 radical (unpaired) electrons. The highest BCUT2D eigenvalue weighted by atomic mass is 19.4. The monoisotopic (exact) mass is 371 g/mol. The number of aromatic nitrogens is 4. The minimum Gasteiger partial charge on any atom is -0.329 e. The third-order valence-electron chi connectivity index (χ3n) is 4.28. The van der Waals surface area contributed by atoms with Gasteiger partial charge in [0.25, 0.3) is 0 Å². The number of rotatable bonds is 6. The molecule has 0 N–H and O–H groups in total. The number of hydrogen-bond acceptors (Lipinski definition) is 4. The third kappa shape index (κ3) is 4.55. The molecule has 1 heterocycles. The summed E-state index contributed by atoms with van der Waals surface area (Å²) in [5.74, 6) is -1.03. The maximum absolute atomic E-state index is 13.3. The van der Waals surface area contributed by atoms with Gasteiger partial charge in [-0.25, -0.2) is 4.39 Å². The second kappa shape index (κ2) is 7.00. The van der Waals surface area contributed by atoms with Crippen molar-refractivity contribution in [2.24, 2.45) is 5.92 Å². The maximum Gasteiger partial charge on any atom is 0.406 e. The molecule has 0 bridgehead atoms. The number of carbonyl (C=O) groups is 1. The summed E-state index contributed by atoms with van der Waals surface area (Å²) >= 11 is 0. The van der Waals surface area contributed by atoms with Crippen LogP contribution < -0.4 is 0 Å². The molecule has 140 valence electrons. The number of benzene rings is 1. The van der Waals surface area contributed by atoms with E-state index < -0.39 is 37.0 Å². The molecule has 2 aromatic rings. The van der Waals surface area contributed by atoms with Gasteiger partial charge in [-0.3, -0.25) is 4.79 Å². The van der Waals surface area contributed by atoms with Gasteiger partial charge in [-0.15, -0.1) is 10.2 Å². The Kier molecular flexibility index (Phi) is 4.92. The zero-order valence-electron chi connectivity index (χ0n) is 13.9. The van der Waals surface area contributed by atoms with Crippen molar-refractivity contribution in [3.05, 3.63) is 30.1 Å².